The number of hydrogen-bond donors (Lipinski definition) is 1. The number of aromatic nitrogens is 3. The van der Waals surface area contributed by atoms with Gasteiger partial charge in [0.25, 0.3) is 0 Å². The second kappa shape index (κ2) is 6.94. The van der Waals surface area contributed by atoms with Crippen LogP contribution in [0.1, 0.15) is 36.0 Å². The SMILES string of the molecule is Cc1nc2ccccn2c1CN1CCC(C(O)c2ccccn2)CC1. The molecule has 0 saturated carbocycles. The van der Waals surface area contributed by atoms with Crippen molar-refractivity contribution in [2.75, 3.05) is 13.1 Å². The summed E-state index contributed by atoms with van der Waals surface area (Å²) in [5, 5.41) is 10.6. The predicted molar refractivity (Wildman–Crippen MR) is 97.1 cm³/mol. The molecule has 1 fully saturated rings. The summed E-state index contributed by atoms with van der Waals surface area (Å²) < 4.78 is 2.18. The van der Waals surface area contributed by atoms with Crippen molar-refractivity contribution in [3.63, 3.8) is 0 Å². The number of aliphatic hydroxyl groups is 1. The molecule has 1 atom stereocenters. The number of fused-ring (bicyclic) bond motifs is 1. The molecular weight excluding hydrogens is 312 g/mol. The molecule has 4 rings (SSSR count). The Labute approximate surface area is 148 Å². The molecule has 5 nitrogen and oxygen atoms in total. The van der Waals surface area contributed by atoms with Gasteiger partial charge in [-0.1, -0.05) is 12.1 Å². The summed E-state index contributed by atoms with van der Waals surface area (Å²) in [6.45, 7) is 4.98. The van der Waals surface area contributed by atoms with Gasteiger partial charge in [0.1, 0.15) is 5.65 Å². The molecule has 0 aromatic carbocycles. The molecule has 0 aliphatic carbocycles. The number of imidazole rings is 1. The molecule has 1 saturated heterocycles. The lowest BCUT2D eigenvalue weighted by Crippen LogP contribution is -2.35. The fourth-order valence-electron chi connectivity index (χ4n) is 3.79. The third kappa shape index (κ3) is 3.30. The molecular formula is C20H24N4O. The van der Waals surface area contributed by atoms with Crippen LogP contribution in [-0.4, -0.2) is 37.5 Å². The molecule has 1 N–H and O–H groups in total. The lowest BCUT2D eigenvalue weighted by atomic mass is 9.89. The minimum Gasteiger partial charge on any atom is -0.387 e. The molecule has 5 heteroatoms. The Morgan fingerprint density at radius 2 is 1.96 bits per heavy atom. The first-order valence-corrected chi connectivity index (χ1v) is 8.96. The zero-order valence-electron chi connectivity index (χ0n) is 14.5. The van der Waals surface area contributed by atoms with Crippen molar-refractivity contribution in [1.29, 1.82) is 0 Å². The molecule has 1 aliphatic heterocycles. The van der Waals surface area contributed by atoms with Crippen molar-refractivity contribution >= 4 is 5.65 Å². The summed E-state index contributed by atoms with van der Waals surface area (Å²) >= 11 is 0. The highest BCUT2D eigenvalue weighted by Crippen LogP contribution is 2.30. The summed E-state index contributed by atoms with van der Waals surface area (Å²) in [6, 6.07) is 11.9. The highest BCUT2D eigenvalue weighted by Gasteiger charge is 2.27. The maximum absolute atomic E-state index is 10.6. The van der Waals surface area contributed by atoms with Crippen molar-refractivity contribution in [2.24, 2.45) is 5.92 Å². The summed E-state index contributed by atoms with van der Waals surface area (Å²) in [6.07, 6.45) is 5.37. The Hall–Kier alpha value is -2.24. The average Bonchev–Trinajstić information content (AvgIpc) is 2.98. The van der Waals surface area contributed by atoms with Crippen LogP contribution in [0.4, 0.5) is 0 Å². The van der Waals surface area contributed by atoms with E-state index in [0.29, 0.717) is 0 Å². The van der Waals surface area contributed by atoms with Crippen LogP contribution < -0.4 is 0 Å². The van der Waals surface area contributed by atoms with Crippen molar-refractivity contribution in [2.45, 2.75) is 32.4 Å². The summed E-state index contributed by atoms with van der Waals surface area (Å²) in [5.41, 5.74) is 4.16. The molecule has 0 spiro atoms. The Balaban J connectivity index is 1.41. The standard InChI is InChI=1S/C20H24N4O/c1-15-18(24-11-5-3-7-19(24)22-15)14-23-12-8-16(9-13-23)20(25)17-6-2-4-10-21-17/h2-7,10-11,16,20,25H,8-9,12-14H2,1H3. The van der Waals surface area contributed by atoms with E-state index in [1.165, 1.54) is 5.69 Å². The van der Waals surface area contributed by atoms with Crippen LogP contribution in [0.2, 0.25) is 0 Å². The number of hydrogen-bond acceptors (Lipinski definition) is 4. The number of rotatable bonds is 4. The second-order valence-corrected chi connectivity index (χ2v) is 6.89. The van der Waals surface area contributed by atoms with Gasteiger partial charge >= 0.3 is 0 Å². The topological polar surface area (TPSA) is 53.7 Å². The van der Waals surface area contributed by atoms with Crippen LogP contribution in [0.25, 0.3) is 5.65 Å². The van der Waals surface area contributed by atoms with Gasteiger partial charge < -0.3 is 9.51 Å². The van der Waals surface area contributed by atoms with E-state index in [1.54, 1.807) is 6.20 Å². The summed E-state index contributed by atoms with van der Waals surface area (Å²) in [7, 11) is 0. The summed E-state index contributed by atoms with van der Waals surface area (Å²) in [5.74, 6) is 0.287. The van der Waals surface area contributed by atoms with E-state index in [2.05, 4.69) is 32.4 Å². The Morgan fingerprint density at radius 1 is 1.16 bits per heavy atom. The molecule has 0 bridgehead atoms. The first-order valence-electron chi connectivity index (χ1n) is 8.96. The fraction of sp³-hybridized carbons (Fsp3) is 0.400. The smallest absolute Gasteiger partial charge is 0.137 e. The first kappa shape index (κ1) is 16.2. The Kier molecular flexibility index (Phi) is 4.51. The van der Waals surface area contributed by atoms with Gasteiger partial charge in [-0.05, 0) is 63.0 Å². The predicted octanol–water partition coefficient (Wildman–Crippen LogP) is 2.98. The van der Waals surface area contributed by atoms with Crippen LogP contribution >= 0.6 is 0 Å². The molecule has 3 aromatic rings. The zero-order valence-corrected chi connectivity index (χ0v) is 14.5. The number of nitrogens with zero attached hydrogens (tertiary/aromatic N) is 4. The van der Waals surface area contributed by atoms with Gasteiger partial charge in [-0.25, -0.2) is 4.98 Å². The van der Waals surface area contributed by atoms with Crippen LogP contribution in [-0.2, 0) is 6.54 Å². The van der Waals surface area contributed by atoms with E-state index < -0.39 is 6.10 Å². The van der Waals surface area contributed by atoms with E-state index in [0.717, 1.165) is 49.5 Å². The van der Waals surface area contributed by atoms with Gasteiger partial charge in [0, 0.05) is 18.9 Å². The van der Waals surface area contributed by atoms with Crippen LogP contribution in [0.15, 0.2) is 48.8 Å². The third-order valence-electron chi connectivity index (χ3n) is 5.27. The third-order valence-corrected chi connectivity index (χ3v) is 5.27. The van der Waals surface area contributed by atoms with E-state index in [1.807, 2.05) is 36.4 Å². The molecule has 3 aromatic heterocycles. The van der Waals surface area contributed by atoms with Crippen molar-refractivity contribution in [3.8, 4) is 0 Å². The molecule has 1 aliphatic rings. The van der Waals surface area contributed by atoms with Crippen LogP contribution in [0, 0.1) is 12.8 Å². The Bertz CT molecular complexity index is 837. The lowest BCUT2D eigenvalue weighted by molar-refractivity contribution is 0.0535. The molecule has 130 valence electrons. The van der Waals surface area contributed by atoms with Gasteiger partial charge in [0.2, 0.25) is 0 Å². The fourth-order valence-corrected chi connectivity index (χ4v) is 3.79. The van der Waals surface area contributed by atoms with E-state index in [-0.39, 0.29) is 5.92 Å². The quantitative estimate of drug-likeness (QED) is 0.796. The zero-order chi connectivity index (χ0) is 17.2. The van der Waals surface area contributed by atoms with Crippen molar-refractivity contribution in [3.05, 3.63) is 65.9 Å². The average molecular weight is 336 g/mol. The monoisotopic (exact) mass is 336 g/mol. The molecule has 1 unspecified atom stereocenters. The second-order valence-electron chi connectivity index (χ2n) is 6.89. The number of aryl methyl sites for hydroxylation is 1. The molecule has 25 heavy (non-hydrogen) atoms. The number of aliphatic hydroxyl groups excluding tert-OH is 1. The number of piperidine rings is 1. The maximum atomic E-state index is 10.6. The Morgan fingerprint density at radius 3 is 2.72 bits per heavy atom. The largest absolute Gasteiger partial charge is 0.387 e. The van der Waals surface area contributed by atoms with Crippen LogP contribution in [0.3, 0.4) is 0 Å². The number of pyridine rings is 2. The van der Waals surface area contributed by atoms with Crippen molar-refractivity contribution < 1.29 is 5.11 Å². The lowest BCUT2D eigenvalue weighted by Gasteiger charge is -2.34. The molecule has 0 radical (unpaired) electrons. The van der Waals surface area contributed by atoms with E-state index in [9.17, 15) is 5.11 Å². The highest BCUT2D eigenvalue weighted by atomic mass is 16.3. The van der Waals surface area contributed by atoms with Crippen LogP contribution in [0.5, 0.6) is 0 Å². The minimum atomic E-state index is -0.458. The first-order chi connectivity index (χ1) is 12.2. The van der Waals surface area contributed by atoms with Gasteiger partial charge in [-0.2, -0.15) is 0 Å². The molecule has 0 amide bonds. The normalized spacial score (nSPS) is 17.8. The van der Waals surface area contributed by atoms with Crippen molar-refractivity contribution in [1.82, 2.24) is 19.3 Å². The van der Waals surface area contributed by atoms with E-state index >= 15 is 0 Å². The van der Waals surface area contributed by atoms with Gasteiger partial charge in [0.15, 0.2) is 0 Å². The van der Waals surface area contributed by atoms with Gasteiger partial charge in [0.05, 0.1) is 23.2 Å². The van der Waals surface area contributed by atoms with E-state index in [4.69, 9.17) is 0 Å². The van der Waals surface area contributed by atoms with Gasteiger partial charge in [-0.3, -0.25) is 9.88 Å². The number of likely N-dealkylation sites (tertiary alicyclic amines) is 1. The van der Waals surface area contributed by atoms with Gasteiger partial charge in [-0.15, -0.1) is 0 Å². The minimum absolute atomic E-state index is 0.287. The molecule has 4 heterocycles. The highest BCUT2D eigenvalue weighted by molar-refractivity contribution is 5.42. The summed E-state index contributed by atoms with van der Waals surface area (Å²) in [4.78, 5) is 11.4. The maximum Gasteiger partial charge on any atom is 0.137 e.